The molecule has 2 atom stereocenters. The van der Waals surface area contributed by atoms with Crippen molar-refractivity contribution in [2.75, 3.05) is 0 Å². The lowest BCUT2D eigenvalue weighted by Crippen LogP contribution is -2.29. The zero-order valence-corrected chi connectivity index (χ0v) is 9.62. The van der Waals surface area contributed by atoms with E-state index in [0.29, 0.717) is 0 Å². The minimum Gasteiger partial charge on any atom is -0.325 e. The fraction of sp³-hybridized carbons (Fsp3) is 0.455. The smallest absolute Gasteiger partial charge is 0.206 e. The van der Waals surface area contributed by atoms with Gasteiger partial charge in [-0.25, -0.2) is 0 Å². The summed E-state index contributed by atoms with van der Waals surface area (Å²) >= 11 is 0. The Morgan fingerprint density at radius 1 is 1.21 bits per heavy atom. The lowest BCUT2D eigenvalue weighted by molar-refractivity contribution is 0.0854. The summed E-state index contributed by atoms with van der Waals surface area (Å²) in [4.78, 5) is 0. The van der Waals surface area contributed by atoms with Gasteiger partial charge in [0.1, 0.15) is 0 Å². The van der Waals surface area contributed by atoms with Crippen molar-refractivity contribution in [3.05, 3.63) is 30.3 Å². The van der Waals surface area contributed by atoms with Crippen molar-refractivity contribution in [1.29, 1.82) is 0 Å². The first-order valence-electron chi connectivity index (χ1n) is 4.81. The quantitative estimate of drug-likeness (QED) is 0.663. The van der Waals surface area contributed by atoms with Gasteiger partial charge < -0.3 is 9.05 Å². The molecule has 0 aliphatic carbocycles. The molecule has 2 unspecified atom stereocenters. The molecule has 0 bridgehead atoms. The lowest BCUT2D eigenvalue weighted by Gasteiger charge is -2.19. The number of benzene rings is 1. The molecule has 14 heavy (non-hydrogen) atoms. The van der Waals surface area contributed by atoms with Crippen LogP contribution >= 0.6 is 8.38 Å². The van der Waals surface area contributed by atoms with Gasteiger partial charge in [-0.3, -0.25) is 0 Å². The minimum absolute atomic E-state index is 0.161. The summed E-state index contributed by atoms with van der Waals surface area (Å²) in [6.45, 7) is 6.21. The third-order valence-corrected chi connectivity index (χ3v) is 4.38. The Labute approximate surface area is 86.2 Å². The van der Waals surface area contributed by atoms with E-state index in [0.717, 1.165) is 5.30 Å². The molecule has 76 valence electrons. The Bertz CT molecular complexity index is 310. The van der Waals surface area contributed by atoms with Gasteiger partial charge in [0.15, 0.2) is 0 Å². The van der Waals surface area contributed by atoms with E-state index in [1.165, 1.54) is 0 Å². The van der Waals surface area contributed by atoms with E-state index >= 15 is 0 Å². The van der Waals surface area contributed by atoms with E-state index in [1.54, 1.807) is 0 Å². The molecule has 1 heterocycles. The molecule has 0 spiro atoms. The Hall–Kier alpha value is -0.430. The minimum atomic E-state index is -0.868. The number of hydrogen-bond donors (Lipinski definition) is 0. The maximum Gasteiger partial charge on any atom is 0.206 e. The first-order valence-corrected chi connectivity index (χ1v) is 5.98. The van der Waals surface area contributed by atoms with Gasteiger partial charge >= 0.3 is 0 Å². The van der Waals surface area contributed by atoms with Crippen LogP contribution in [0.4, 0.5) is 0 Å². The fourth-order valence-corrected chi connectivity index (χ4v) is 3.05. The van der Waals surface area contributed by atoms with Crippen LogP contribution in [0.25, 0.3) is 0 Å². The molecule has 0 amide bonds. The van der Waals surface area contributed by atoms with Gasteiger partial charge in [-0.2, -0.15) is 0 Å². The Balaban J connectivity index is 2.17. The summed E-state index contributed by atoms with van der Waals surface area (Å²) in [5.74, 6) is 0. The molecule has 0 aromatic heterocycles. The van der Waals surface area contributed by atoms with Gasteiger partial charge in [-0.1, -0.05) is 18.2 Å². The summed E-state index contributed by atoms with van der Waals surface area (Å²) in [7, 11) is -0.868. The molecule has 2 nitrogen and oxygen atoms in total. The molecule has 1 saturated heterocycles. The average molecular weight is 210 g/mol. The van der Waals surface area contributed by atoms with Gasteiger partial charge in [-0.05, 0) is 32.9 Å². The molecular formula is C11H15O2P. The second-order valence-electron chi connectivity index (χ2n) is 4.04. The highest BCUT2D eigenvalue weighted by molar-refractivity contribution is 7.56. The Kier molecular flexibility index (Phi) is 2.61. The standard InChI is InChI=1S/C11H15O2P/c1-9-11(2,3)13-14(12-9)10-7-5-4-6-8-10/h4-9H,1-3H3. The summed E-state index contributed by atoms with van der Waals surface area (Å²) < 4.78 is 11.7. The average Bonchev–Trinajstić information content (AvgIpc) is 2.43. The van der Waals surface area contributed by atoms with Crippen LogP contribution in [0, 0.1) is 0 Å². The van der Waals surface area contributed by atoms with Crippen LogP contribution in [0.1, 0.15) is 20.8 Å². The highest BCUT2D eigenvalue weighted by atomic mass is 31.2. The van der Waals surface area contributed by atoms with E-state index in [4.69, 9.17) is 9.05 Å². The third kappa shape index (κ3) is 1.83. The number of hydrogen-bond acceptors (Lipinski definition) is 2. The van der Waals surface area contributed by atoms with Crippen LogP contribution in [-0.2, 0) is 9.05 Å². The molecule has 0 saturated carbocycles. The normalized spacial score (nSPS) is 30.5. The van der Waals surface area contributed by atoms with Gasteiger partial charge in [-0.15, -0.1) is 0 Å². The van der Waals surface area contributed by atoms with E-state index in [1.807, 2.05) is 18.2 Å². The first kappa shape index (κ1) is 10.1. The van der Waals surface area contributed by atoms with Crippen molar-refractivity contribution < 1.29 is 9.05 Å². The third-order valence-electron chi connectivity index (χ3n) is 2.52. The van der Waals surface area contributed by atoms with Crippen LogP contribution in [0.2, 0.25) is 0 Å². The van der Waals surface area contributed by atoms with E-state index in [9.17, 15) is 0 Å². The van der Waals surface area contributed by atoms with Crippen LogP contribution in [0.3, 0.4) is 0 Å². The second-order valence-corrected chi connectivity index (χ2v) is 5.46. The molecule has 0 radical (unpaired) electrons. The van der Waals surface area contributed by atoms with Crippen LogP contribution in [-0.4, -0.2) is 11.7 Å². The van der Waals surface area contributed by atoms with Gasteiger partial charge in [0.25, 0.3) is 0 Å². The summed E-state index contributed by atoms with van der Waals surface area (Å²) in [5.41, 5.74) is -0.165. The zero-order chi connectivity index (χ0) is 10.2. The maximum atomic E-state index is 5.89. The summed E-state index contributed by atoms with van der Waals surface area (Å²) in [5, 5.41) is 1.15. The first-order chi connectivity index (χ1) is 6.59. The van der Waals surface area contributed by atoms with E-state index in [2.05, 4.69) is 32.9 Å². The van der Waals surface area contributed by atoms with E-state index in [-0.39, 0.29) is 11.7 Å². The highest BCUT2D eigenvalue weighted by Gasteiger charge is 2.41. The van der Waals surface area contributed by atoms with Crippen molar-refractivity contribution in [2.24, 2.45) is 0 Å². The van der Waals surface area contributed by atoms with Crippen molar-refractivity contribution in [2.45, 2.75) is 32.5 Å². The molecule has 1 fully saturated rings. The molecule has 3 heteroatoms. The van der Waals surface area contributed by atoms with Crippen LogP contribution in [0.5, 0.6) is 0 Å². The zero-order valence-electron chi connectivity index (χ0n) is 8.73. The fourth-order valence-electron chi connectivity index (χ4n) is 1.24. The topological polar surface area (TPSA) is 18.5 Å². The summed E-state index contributed by atoms with van der Waals surface area (Å²) in [6, 6.07) is 10.1. The van der Waals surface area contributed by atoms with Crippen molar-refractivity contribution in [3.8, 4) is 0 Å². The predicted molar refractivity (Wildman–Crippen MR) is 58.7 cm³/mol. The largest absolute Gasteiger partial charge is 0.325 e. The SMILES string of the molecule is CC1OP(c2ccccc2)OC1(C)C. The van der Waals surface area contributed by atoms with E-state index < -0.39 is 8.38 Å². The molecule has 0 N–H and O–H groups in total. The molecule has 1 aliphatic heterocycles. The Morgan fingerprint density at radius 3 is 2.36 bits per heavy atom. The predicted octanol–water partition coefficient (Wildman–Crippen LogP) is 2.84. The van der Waals surface area contributed by atoms with Crippen LogP contribution in [0.15, 0.2) is 30.3 Å². The monoisotopic (exact) mass is 210 g/mol. The highest BCUT2D eigenvalue weighted by Crippen LogP contribution is 2.51. The van der Waals surface area contributed by atoms with Gasteiger partial charge in [0, 0.05) is 5.30 Å². The molecule has 2 rings (SSSR count). The van der Waals surface area contributed by atoms with Crippen molar-refractivity contribution in [1.82, 2.24) is 0 Å². The molecule has 1 aliphatic rings. The second kappa shape index (κ2) is 3.62. The number of rotatable bonds is 1. The van der Waals surface area contributed by atoms with Gasteiger partial charge in [0.2, 0.25) is 8.38 Å². The van der Waals surface area contributed by atoms with Crippen molar-refractivity contribution >= 4 is 13.7 Å². The van der Waals surface area contributed by atoms with Gasteiger partial charge in [0.05, 0.1) is 11.7 Å². The molecule has 1 aromatic rings. The van der Waals surface area contributed by atoms with Crippen LogP contribution < -0.4 is 5.30 Å². The lowest BCUT2D eigenvalue weighted by atomic mass is 10.0. The molecule has 1 aromatic carbocycles. The molecular weight excluding hydrogens is 195 g/mol. The Morgan fingerprint density at radius 2 is 1.86 bits per heavy atom. The van der Waals surface area contributed by atoms with Crippen molar-refractivity contribution in [3.63, 3.8) is 0 Å². The summed E-state index contributed by atoms with van der Waals surface area (Å²) in [6.07, 6.45) is 0.161. The maximum absolute atomic E-state index is 5.89.